The highest BCUT2D eigenvalue weighted by Gasteiger charge is 2.03. The Morgan fingerprint density at radius 3 is 2.56 bits per heavy atom. The van der Waals surface area contributed by atoms with Gasteiger partial charge in [-0.2, -0.15) is 0 Å². The predicted molar refractivity (Wildman–Crippen MR) is 64.6 cm³/mol. The molecule has 0 aliphatic rings. The van der Waals surface area contributed by atoms with Crippen LogP contribution >= 0.6 is 11.8 Å². The van der Waals surface area contributed by atoms with E-state index in [2.05, 4.69) is 5.32 Å². The van der Waals surface area contributed by atoms with E-state index < -0.39 is 5.97 Å². The van der Waals surface area contributed by atoms with Crippen molar-refractivity contribution < 1.29 is 14.7 Å². The van der Waals surface area contributed by atoms with Gasteiger partial charge in [-0.05, 0) is 12.1 Å². The van der Waals surface area contributed by atoms with Gasteiger partial charge in [-0.15, -0.1) is 11.8 Å². The second kappa shape index (κ2) is 6.90. The van der Waals surface area contributed by atoms with Crippen LogP contribution in [0.3, 0.4) is 0 Å². The SMILES string of the molecule is O=C(O)CSCCC(=O)Nc1ccccc1. The fraction of sp³-hybridized carbons (Fsp3) is 0.273. The van der Waals surface area contributed by atoms with Crippen molar-refractivity contribution in [2.75, 3.05) is 16.8 Å². The van der Waals surface area contributed by atoms with Crippen LogP contribution in [-0.2, 0) is 9.59 Å². The number of para-hydroxylation sites is 1. The summed E-state index contributed by atoms with van der Waals surface area (Å²) in [6.45, 7) is 0. The summed E-state index contributed by atoms with van der Waals surface area (Å²) in [6.07, 6.45) is 0.326. The minimum absolute atomic E-state index is 0.0403. The number of amides is 1. The molecule has 1 amide bonds. The first-order valence-corrected chi connectivity index (χ1v) is 5.98. The molecule has 0 heterocycles. The van der Waals surface area contributed by atoms with E-state index in [1.807, 2.05) is 30.3 Å². The molecule has 0 aromatic heterocycles. The lowest BCUT2D eigenvalue weighted by atomic mass is 10.3. The lowest BCUT2D eigenvalue weighted by molar-refractivity contribution is -0.134. The number of aliphatic carboxylic acids is 1. The molecule has 5 heteroatoms. The van der Waals surface area contributed by atoms with E-state index >= 15 is 0 Å². The fourth-order valence-corrected chi connectivity index (χ4v) is 1.72. The van der Waals surface area contributed by atoms with Crippen LogP contribution in [0, 0.1) is 0 Å². The number of carboxylic acid groups (broad SMARTS) is 1. The molecule has 0 radical (unpaired) electrons. The Kier molecular flexibility index (Phi) is 5.42. The summed E-state index contributed by atoms with van der Waals surface area (Å²) in [7, 11) is 0. The van der Waals surface area contributed by atoms with Crippen molar-refractivity contribution in [2.45, 2.75) is 6.42 Å². The lowest BCUT2D eigenvalue weighted by Gasteiger charge is -2.03. The molecule has 1 aromatic carbocycles. The molecule has 0 bridgehead atoms. The highest BCUT2D eigenvalue weighted by molar-refractivity contribution is 7.99. The largest absolute Gasteiger partial charge is 0.481 e. The van der Waals surface area contributed by atoms with Gasteiger partial charge < -0.3 is 10.4 Å². The molecule has 0 unspecified atom stereocenters. The van der Waals surface area contributed by atoms with Gasteiger partial charge in [0.1, 0.15) is 0 Å². The van der Waals surface area contributed by atoms with E-state index in [0.29, 0.717) is 12.2 Å². The summed E-state index contributed by atoms with van der Waals surface area (Å²) in [4.78, 5) is 21.6. The van der Waals surface area contributed by atoms with Crippen LogP contribution in [0.4, 0.5) is 5.69 Å². The summed E-state index contributed by atoms with van der Waals surface area (Å²) in [5.74, 6) is -0.388. The Morgan fingerprint density at radius 2 is 1.94 bits per heavy atom. The van der Waals surface area contributed by atoms with Crippen LogP contribution in [0.2, 0.25) is 0 Å². The Morgan fingerprint density at radius 1 is 1.25 bits per heavy atom. The first-order valence-electron chi connectivity index (χ1n) is 4.83. The van der Waals surface area contributed by atoms with Gasteiger partial charge in [-0.1, -0.05) is 18.2 Å². The summed E-state index contributed by atoms with van der Waals surface area (Å²) < 4.78 is 0. The molecule has 0 fully saturated rings. The molecule has 16 heavy (non-hydrogen) atoms. The number of hydrogen-bond acceptors (Lipinski definition) is 3. The van der Waals surface area contributed by atoms with Gasteiger partial charge in [0.05, 0.1) is 5.75 Å². The Balaban J connectivity index is 2.19. The highest BCUT2D eigenvalue weighted by Crippen LogP contribution is 2.07. The van der Waals surface area contributed by atoms with Gasteiger partial charge in [0, 0.05) is 17.9 Å². The molecule has 0 saturated carbocycles. The molecular formula is C11H13NO3S. The maximum atomic E-state index is 11.4. The zero-order valence-corrected chi connectivity index (χ0v) is 9.50. The fourth-order valence-electron chi connectivity index (χ4n) is 1.07. The molecule has 0 aliphatic carbocycles. The Hall–Kier alpha value is -1.49. The smallest absolute Gasteiger partial charge is 0.313 e. The highest BCUT2D eigenvalue weighted by atomic mass is 32.2. The van der Waals surface area contributed by atoms with E-state index in [4.69, 9.17) is 5.11 Å². The third-order valence-corrected chi connectivity index (χ3v) is 2.70. The molecule has 2 N–H and O–H groups in total. The zero-order valence-electron chi connectivity index (χ0n) is 8.68. The molecule has 1 rings (SSSR count). The second-order valence-electron chi connectivity index (χ2n) is 3.11. The van der Waals surface area contributed by atoms with Crippen molar-refractivity contribution in [3.05, 3.63) is 30.3 Å². The minimum Gasteiger partial charge on any atom is -0.481 e. The number of carbonyl (C=O) groups is 2. The quantitative estimate of drug-likeness (QED) is 0.743. The van der Waals surface area contributed by atoms with E-state index in [-0.39, 0.29) is 11.7 Å². The second-order valence-corrected chi connectivity index (χ2v) is 4.22. The summed E-state index contributed by atoms with van der Waals surface area (Å²) in [5, 5.41) is 11.1. The molecule has 4 nitrogen and oxygen atoms in total. The zero-order chi connectivity index (χ0) is 11.8. The normalized spacial score (nSPS) is 9.75. The van der Waals surface area contributed by atoms with Crippen LogP contribution in [0.1, 0.15) is 6.42 Å². The van der Waals surface area contributed by atoms with Crippen LogP contribution in [0.25, 0.3) is 0 Å². The van der Waals surface area contributed by atoms with Crippen molar-refractivity contribution in [3.8, 4) is 0 Å². The van der Waals surface area contributed by atoms with Crippen molar-refractivity contribution in [1.29, 1.82) is 0 Å². The standard InChI is InChI=1S/C11H13NO3S/c13-10(6-7-16-8-11(14)15)12-9-4-2-1-3-5-9/h1-5H,6-8H2,(H,12,13)(H,14,15). The van der Waals surface area contributed by atoms with E-state index in [0.717, 1.165) is 5.69 Å². The average molecular weight is 239 g/mol. The maximum Gasteiger partial charge on any atom is 0.313 e. The van der Waals surface area contributed by atoms with Crippen LogP contribution in [-0.4, -0.2) is 28.5 Å². The lowest BCUT2D eigenvalue weighted by Crippen LogP contribution is -2.12. The first-order chi connectivity index (χ1) is 7.68. The van der Waals surface area contributed by atoms with Crippen molar-refractivity contribution >= 4 is 29.3 Å². The summed E-state index contributed by atoms with van der Waals surface area (Å²) in [5.41, 5.74) is 0.760. The Bertz CT molecular complexity index is 354. The third kappa shape index (κ3) is 5.41. The average Bonchev–Trinajstić information content (AvgIpc) is 2.25. The van der Waals surface area contributed by atoms with Gasteiger partial charge in [0.25, 0.3) is 0 Å². The van der Waals surface area contributed by atoms with Crippen molar-refractivity contribution in [3.63, 3.8) is 0 Å². The van der Waals surface area contributed by atoms with Gasteiger partial charge in [-0.25, -0.2) is 0 Å². The number of carbonyl (C=O) groups excluding carboxylic acids is 1. The maximum absolute atomic E-state index is 11.4. The first kappa shape index (κ1) is 12.6. The van der Waals surface area contributed by atoms with Gasteiger partial charge in [-0.3, -0.25) is 9.59 Å². The molecule has 0 spiro atoms. The molecule has 1 aromatic rings. The van der Waals surface area contributed by atoms with Gasteiger partial charge in [0.15, 0.2) is 0 Å². The number of nitrogens with one attached hydrogen (secondary N) is 1. The number of benzene rings is 1. The Labute approximate surface area is 98.0 Å². The minimum atomic E-state index is -0.853. The van der Waals surface area contributed by atoms with E-state index in [9.17, 15) is 9.59 Å². The van der Waals surface area contributed by atoms with E-state index in [1.54, 1.807) is 0 Å². The summed E-state index contributed by atoms with van der Waals surface area (Å²) >= 11 is 1.24. The van der Waals surface area contributed by atoms with Gasteiger partial charge in [0.2, 0.25) is 5.91 Å². The molecule has 0 saturated heterocycles. The van der Waals surface area contributed by atoms with Gasteiger partial charge >= 0.3 is 5.97 Å². The number of carboxylic acids is 1. The molecular weight excluding hydrogens is 226 g/mol. The van der Waals surface area contributed by atoms with Crippen LogP contribution < -0.4 is 5.32 Å². The number of rotatable bonds is 6. The third-order valence-electron chi connectivity index (χ3n) is 1.76. The van der Waals surface area contributed by atoms with Crippen LogP contribution in [0.5, 0.6) is 0 Å². The summed E-state index contributed by atoms with van der Waals surface area (Å²) in [6, 6.07) is 9.17. The van der Waals surface area contributed by atoms with Crippen molar-refractivity contribution in [2.24, 2.45) is 0 Å². The molecule has 0 aliphatic heterocycles. The number of thioether (sulfide) groups is 1. The topological polar surface area (TPSA) is 66.4 Å². The predicted octanol–water partition coefficient (Wildman–Crippen LogP) is 1.83. The van der Waals surface area contributed by atoms with E-state index in [1.165, 1.54) is 11.8 Å². The van der Waals surface area contributed by atoms with Crippen LogP contribution in [0.15, 0.2) is 30.3 Å². The monoisotopic (exact) mass is 239 g/mol. The van der Waals surface area contributed by atoms with Crippen molar-refractivity contribution in [1.82, 2.24) is 0 Å². The molecule has 86 valence electrons. The molecule has 0 atom stereocenters. The number of anilines is 1. The number of hydrogen-bond donors (Lipinski definition) is 2.